The van der Waals surface area contributed by atoms with Crippen LogP contribution in [0.1, 0.15) is 0 Å². The van der Waals surface area contributed by atoms with Crippen LogP contribution in [0.15, 0.2) is 170 Å². The first-order chi connectivity index (χ1) is 23.8. The van der Waals surface area contributed by atoms with E-state index in [1.165, 1.54) is 0 Å². The Morgan fingerprint density at radius 1 is 0.333 bits per heavy atom. The number of aromatic nitrogens is 4. The summed E-state index contributed by atoms with van der Waals surface area (Å²) in [5, 5.41) is 4.37. The van der Waals surface area contributed by atoms with Gasteiger partial charge in [0.25, 0.3) is 0 Å². The number of hydrogen-bond donors (Lipinski definition) is 0. The van der Waals surface area contributed by atoms with E-state index in [1.807, 2.05) is 48.5 Å². The number of hydrogen-bond acceptors (Lipinski definition) is 4. The van der Waals surface area contributed by atoms with E-state index in [-0.39, 0.29) is 0 Å². The van der Waals surface area contributed by atoms with E-state index in [0.717, 1.165) is 83.2 Å². The fraction of sp³-hybridized carbons (Fsp3) is 0. The van der Waals surface area contributed by atoms with Gasteiger partial charge in [-0.3, -0.25) is 0 Å². The SMILES string of the molecule is c1ccc(-c2cc(-c3ccccc3)nc(-c3ccc(-c4nc5ccccc5c5ccc6ccc(-c7ccccc7)nc6c45)cc3)n2)cc1. The van der Waals surface area contributed by atoms with Crippen LogP contribution >= 0.6 is 0 Å². The highest BCUT2D eigenvalue weighted by Crippen LogP contribution is 2.38. The van der Waals surface area contributed by atoms with E-state index in [9.17, 15) is 0 Å². The summed E-state index contributed by atoms with van der Waals surface area (Å²) in [6.45, 7) is 0. The summed E-state index contributed by atoms with van der Waals surface area (Å²) in [7, 11) is 0. The fourth-order valence-electron chi connectivity index (χ4n) is 6.47. The molecule has 224 valence electrons. The standard InChI is InChI=1S/C44H28N4/c1-4-12-29(13-5-1)37-27-25-33-24-26-36-35-18-10-11-19-38(35)46-43(41(36)42(33)45-37)32-20-22-34(23-21-32)44-47-39(30-14-6-2-7-15-30)28-40(48-44)31-16-8-3-9-17-31/h1-28H. The molecule has 0 aliphatic heterocycles. The lowest BCUT2D eigenvalue weighted by Crippen LogP contribution is -1.96. The lowest BCUT2D eigenvalue weighted by atomic mass is 9.96. The number of fused-ring (bicyclic) bond motifs is 5. The molecule has 0 N–H and O–H groups in total. The van der Waals surface area contributed by atoms with Gasteiger partial charge in [-0.05, 0) is 23.6 Å². The summed E-state index contributed by atoms with van der Waals surface area (Å²) in [5.41, 5.74) is 10.7. The Kier molecular flexibility index (Phi) is 6.76. The second kappa shape index (κ2) is 11.7. The lowest BCUT2D eigenvalue weighted by Gasteiger charge is -2.14. The summed E-state index contributed by atoms with van der Waals surface area (Å²) >= 11 is 0. The van der Waals surface area contributed by atoms with Gasteiger partial charge in [0.15, 0.2) is 5.82 Å². The third kappa shape index (κ3) is 4.97. The summed E-state index contributed by atoms with van der Waals surface area (Å²) in [4.78, 5) is 20.6. The van der Waals surface area contributed by atoms with Gasteiger partial charge in [-0.1, -0.05) is 152 Å². The molecule has 0 fully saturated rings. The molecule has 0 spiro atoms. The van der Waals surface area contributed by atoms with Gasteiger partial charge < -0.3 is 0 Å². The van der Waals surface area contributed by atoms with Crippen molar-refractivity contribution in [3.8, 4) is 56.4 Å². The molecule has 0 radical (unpaired) electrons. The number of benzene rings is 6. The van der Waals surface area contributed by atoms with E-state index in [4.69, 9.17) is 19.9 Å². The van der Waals surface area contributed by atoms with Crippen molar-refractivity contribution < 1.29 is 0 Å². The maximum atomic E-state index is 5.26. The third-order valence-electron chi connectivity index (χ3n) is 8.88. The molecule has 0 unspecified atom stereocenters. The Balaban J connectivity index is 1.22. The van der Waals surface area contributed by atoms with Crippen molar-refractivity contribution in [3.63, 3.8) is 0 Å². The van der Waals surface area contributed by atoms with Crippen molar-refractivity contribution in [3.05, 3.63) is 170 Å². The summed E-state index contributed by atoms with van der Waals surface area (Å²) < 4.78 is 0. The molecule has 9 rings (SSSR count). The summed E-state index contributed by atoms with van der Waals surface area (Å²) in [6, 6.07) is 58.4. The molecule has 0 aliphatic rings. The molecule has 3 heterocycles. The molecule has 4 nitrogen and oxygen atoms in total. The van der Waals surface area contributed by atoms with Crippen molar-refractivity contribution in [2.45, 2.75) is 0 Å². The van der Waals surface area contributed by atoms with Crippen LogP contribution < -0.4 is 0 Å². The van der Waals surface area contributed by atoms with Crippen molar-refractivity contribution >= 4 is 32.6 Å². The first-order valence-corrected chi connectivity index (χ1v) is 16.1. The lowest BCUT2D eigenvalue weighted by molar-refractivity contribution is 1.18. The third-order valence-corrected chi connectivity index (χ3v) is 8.88. The summed E-state index contributed by atoms with van der Waals surface area (Å²) in [6.07, 6.45) is 0. The second-order valence-electron chi connectivity index (χ2n) is 11.9. The molecule has 4 heteroatoms. The van der Waals surface area contributed by atoms with Crippen LogP contribution in [-0.2, 0) is 0 Å². The zero-order chi connectivity index (χ0) is 31.9. The molecule has 0 saturated heterocycles. The van der Waals surface area contributed by atoms with Crippen molar-refractivity contribution in [2.24, 2.45) is 0 Å². The largest absolute Gasteiger partial charge is 0.247 e. The molecule has 0 aliphatic carbocycles. The van der Waals surface area contributed by atoms with Gasteiger partial charge in [-0.15, -0.1) is 0 Å². The Morgan fingerprint density at radius 3 is 1.52 bits per heavy atom. The minimum atomic E-state index is 0.678. The molecule has 3 aromatic heterocycles. The molecule has 0 atom stereocenters. The molecule has 9 aromatic rings. The smallest absolute Gasteiger partial charge is 0.160 e. The highest BCUT2D eigenvalue weighted by Gasteiger charge is 2.16. The van der Waals surface area contributed by atoms with Crippen molar-refractivity contribution in [1.82, 2.24) is 19.9 Å². The maximum absolute atomic E-state index is 5.26. The number of para-hydroxylation sites is 1. The molecule has 0 amide bonds. The van der Waals surface area contributed by atoms with E-state index < -0.39 is 0 Å². The van der Waals surface area contributed by atoms with E-state index >= 15 is 0 Å². The predicted octanol–water partition coefficient (Wildman–Crippen LogP) is 11.1. The average molecular weight is 613 g/mol. The van der Waals surface area contributed by atoms with Gasteiger partial charge in [-0.2, -0.15) is 0 Å². The van der Waals surface area contributed by atoms with Gasteiger partial charge in [0, 0.05) is 44.0 Å². The zero-order valence-corrected chi connectivity index (χ0v) is 26.0. The number of nitrogens with zero attached hydrogens (tertiary/aromatic N) is 4. The Morgan fingerprint density at radius 2 is 0.875 bits per heavy atom. The van der Waals surface area contributed by atoms with E-state index in [0.29, 0.717) is 5.82 Å². The highest BCUT2D eigenvalue weighted by molar-refractivity contribution is 6.20. The first kappa shape index (κ1) is 27.8. The monoisotopic (exact) mass is 612 g/mol. The quantitative estimate of drug-likeness (QED) is 0.181. The highest BCUT2D eigenvalue weighted by atomic mass is 14.9. The zero-order valence-electron chi connectivity index (χ0n) is 26.0. The molecule has 6 aromatic carbocycles. The molecular formula is C44H28N4. The van der Waals surface area contributed by atoms with Crippen LogP contribution in [0.4, 0.5) is 0 Å². The average Bonchev–Trinajstić information content (AvgIpc) is 3.18. The minimum absolute atomic E-state index is 0.678. The second-order valence-corrected chi connectivity index (χ2v) is 11.9. The van der Waals surface area contributed by atoms with E-state index in [1.54, 1.807) is 0 Å². The molecule has 0 bridgehead atoms. The Labute approximate surface area is 278 Å². The van der Waals surface area contributed by atoms with E-state index in [2.05, 4.69) is 121 Å². The van der Waals surface area contributed by atoms with Crippen LogP contribution in [0.5, 0.6) is 0 Å². The molecular weight excluding hydrogens is 585 g/mol. The van der Waals surface area contributed by atoms with Crippen LogP contribution in [0, 0.1) is 0 Å². The van der Waals surface area contributed by atoms with Crippen LogP contribution in [0.2, 0.25) is 0 Å². The summed E-state index contributed by atoms with van der Waals surface area (Å²) in [5.74, 6) is 0.678. The maximum Gasteiger partial charge on any atom is 0.160 e. The fourth-order valence-corrected chi connectivity index (χ4v) is 6.47. The van der Waals surface area contributed by atoms with Gasteiger partial charge in [0.2, 0.25) is 0 Å². The molecule has 48 heavy (non-hydrogen) atoms. The van der Waals surface area contributed by atoms with Crippen LogP contribution in [0.3, 0.4) is 0 Å². The Hall–Kier alpha value is -6.52. The number of rotatable bonds is 5. The minimum Gasteiger partial charge on any atom is -0.247 e. The van der Waals surface area contributed by atoms with Crippen molar-refractivity contribution in [1.29, 1.82) is 0 Å². The van der Waals surface area contributed by atoms with Gasteiger partial charge in [0.1, 0.15) is 0 Å². The van der Waals surface area contributed by atoms with Crippen LogP contribution in [0.25, 0.3) is 89.0 Å². The van der Waals surface area contributed by atoms with Crippen LogP contribution in [-0.4, -0.2) is 19.9 Å². The van der Waals surface area contributed by atoms with Gasteiger partial charge in [0.05, 0.1) is 33.8 Å². The van der Waals surface area contributed by atoms with Gasteiger partial charge >= 0.3 is 0 Å². The first-order valence-electron chi connectivity index (χ1n) is 16.1. The van der Waals surface area contributed by atoms with Gasteiger partial charge in [-0.25, -0.2) is 19.9 Å². The number of pyridine rings is 2. The molecule has 0 saturated carbocycles. The normalized spacial score (nSPS) is 11.3. The topological polar surface area (TPSA) is 51.6 Å². The predicted molar refractivity (Wildman–Crippen MR) is 197 cm³/mol. The Bertz CT molecular complexity index is 2520. The van der Waals surface area contributed by atoms with Crippen molar-refractivity contribution in [2.75, 3.05) is 0 Å².